The number of nitrogens with two attached hydrogens (primary N) is 1. The Kier molecular flexibility index (Phi) is 12.2. The van der Waals surface area contributed by atoms with Gasteiger partial charge in [0.1, 0.15) is 23.9 Å². The minimum Gasteiger partial charge on any atom is -0.508 e. The van der Waals surface area contributed by atoms with Crippen LogP contribution in [-0.2, 0) is 36.8 Å². The molecule has 2 aromatic rings. The Morgan fingerprint density at radius 2 is 1.28 bits per heavy atom. The second kappa shape index (κ2) is 15.3. The number of aromatic hydroxyl groups is 1. The molecule has 0 aliphatic rings. The molecule has 4 unspecified atom stereocenters. The van der Waals surface area contributed by atoms with Crippen LogP contribution in [0.2, 0.25) is 0 Å². The van der Waals surface area contributed by atoms with E-state index in [1.807, 2.05) is 0 Å². The number of hydrogen-bond donors (Lipinski definition) is 8. The number of aliphatic carboxylic acids is 2. The number of rotatable bonds is 15. The average Bonchev–Trinajstić information content (AvgIpc) is 2.90. The Morgan fingerprint density at radius 3 is 1.85 bits per heavy atom. The number of carboxylic acids is 2. The molecule has 39 heavy (non-hydrogen) atoms. The summed E-state index contributed by atoms with van der Waals surface area (Å²) >= 11 is 3.93. The Bertz CT molecular complexity index is 1150. The second-order valence-corrected chi connectivity index (χ2v) is 9.17. The Morgan fingerprint density at radius 1 is 0.744 bits per heavy atom. The van der Waals surface area contributed by atoms with Crippen LogP contribution in [0.1, 0.15) is 24.0 Å². The van der Waals surface area contributed by atoms with Gasteiger partial charge < -0.3 is 37.0 Å². The molecule has 0 spiro atoms. The third kappa shape index (κ3) is 10.7. The molecule has 0 aromatic heterocycles. The smallest absolute Gasteiger partial charge is 0.327 e. The minimum absolute atomic E-state index is 0.00269. The maximum absolute atomic E-state index is 13.2. The number of thiol groups is 1. The van der Waals surface area contributed by atoms with Crippen molar-refractivity contribution in [2.75, 3.05) is 5.75 Å². The predicted octanol–water partition coefficient (Wildman–Crippen LogP) is -0.162. The van der Waals surface area contributed by atoms with Crippen LogP contribution in [0.5, 0.6) is 5.75 Å². The molecule has 2 aromatic carbocycles. The lowest BCUT2D eigenvalue weighted by molar-refractivity contribution is -0.141. The first-order valence-corrected chi connectivity index (χ1v) is 12.7. The van der Waals surface area contributed by atoms with Gasteiger partial charge in [0.25, 0.3) is 0 Å². The number of phenolic OH excluding ortho intramolecular Hbond substituents is 1. The van der Waals surface area contributed by atoms with Crippen molar-refractivity contribution in [1.82, 2.24) is 16.0 Å². The maximum atomic E-state index is 13.2. The fourth-order valence-corrected chi connectivity index (χ4v) is 3.83. The van der Waals surface area contributed by atoms with E-state index in [0.29, 0.717) is 11.1 Å². The standard InChI is InChI=1S/C26H32N4O8S/c27-18(12-16-6-8-17(31)9-7-16)23(34)28-19(10-11-22(32)33)24(35)29-20(13-15-4-2-1-3-5-15)25(36)30-21(14-39)26(37)38/h1-9,18-21,31,39H,10-14,27H2,(H,28,34)(H,29,35)(H,30,36)(H,32,33)(H,37,38). The van der Waals surface area contributed by atoms with Crippen LogP contribution in [0.25, 0.3) is 0 Å². The van der Waals surface area contributed by atoms with Crippen molar-refractivity contribution in [3.63, 3.8) is 0 Å². The minimum atomic E-state index is -1.34. The summed E-state index contributed by atoms with van der Waals surface area (Å²) in [4.78, 5) is 61.5. The topological polar surface area (TPSA) is 208 Å². The van der Waals surface area contributed by atoms with E-state index in [9.17, 15) is 34.2 Å². The zero-order valence-corrected chi connectivity index (χ0v) is 21.8. The first-order chi connectivity index (χ1) is 18.5. The first kappa shape index (κ1) is 31.1. The summed E-state index contributed by atoms with van der Waals surface area (Å²) in [5.41, 5.74) is 7.31. The van der Waals surface area contributed by atoms with E-state index in [2.05, 4.69) is 28.6 Å². The number of benzene rings is 2. The number of nitrogens with one attached hydrogen (secondary N) is 3. The molecule has 0 aliphatic carbocycles. The summed E-state index contributed by atoms with van der Waals surface area (Å²) in [6.45, 7) is 0. The van der Waals surface area contributed by atoms with Crippen molar-refractivity contribution in [1.29, 1.82) is 0 Å². The molecule has 0 fully saturated rings. The summed E-state index contributed by atoms with van der Waals surface area (Å²) < 4.78 is 0. The van der Waals surface area contributed by atoms with Gasteiger partial charge in [0.15, 0.2) is 0 Å². The first-order valence-electron chi connectivity index (χ1n) is 12.0. The lowest BCUT2D eigenvalue weighted by atomic mass is 10.0. The largest absolute Gasteiger partial charge is 0.508 e. The van der Waals surface area contributed by atoms with Gasteiger partial charge in [-0.05, 0) is 36.1 Å². The third-order valence-corrected chi connectivity index (χ3v) is 6.09. The van der Waals surface area contributed by atoms with E-state index in [0.717, 1.165) is 0 Å². The van der Waals surface area contributed by atoms with Crippen LogP contribution in [0, 0.1) is 0 Å². The van der Waals surface area contributed by atoms with Gasteiger partial charge in [0.2, 0.25) is 17.7 Å². The molecular formula is C26H32N4O8S. The summed E-state index contributed by atoms with van der Waals surface area (Å²) in [5.74, 6) is -5.01. The molecule has 13 heteroatoms. The molecule has 2 rings (SSSR count). The number of carbonyl (C=O) groups is 5. The molecule has 0 bridgehead atoms. The van der Waals surface area contributed by atoms with Crippen molar-refractivity contribution < 1.29 is 39.3 Å². The number of carboxylic acid groups (broad SMARTS) is 2. The quantitative estimate of drug-likeness (QED) is 0.136. The monoisotopic (exact) mass is 560 g/mol. The van der Waals surface area contributed by atoms with E-state index >= 15 is 0 Å². The molecule has 8 N–H and O–H groups in total. The molecule has 0 saturated carbocycles. The van der Waals surface area contributed by atoms with Crippen LogP contribution in [-0.4, -0.2) is 74.9 Å². The number of hydrogen-bond acceptors (Lipinski definition) is 8. The van der Waals surface area contributed by atoms with Gasteiger partial charge >= 0.3 is 11.9 Å². The van der Waals surface area contributed by atoms with Gasteiger partial charge in [-0.1, -0.05) is 42.5 Å². The van der Waals surface area contributed by atoms with Gasteiger partial charge in [-0.25, -0.2) is 4.79 Å². The van der Waals surface area contributed by atoms with Crippen LogP contribution in [0.4, 0.5) is 0 Å². The lowest BCUT2D eigenvalue weighted by Crippen LogP contribution is -2.58. The lowest BCUT2D eigenvalue weighted by Gasteiger charge is -2.25. The van der Waals surface area contributed by atoms with Gasteiger partial charge in [-0.15, -0.1) is 0 Å². The summed E-state index contributed by atoms with van der Waals surface area (Å²) in [5, 5.41) is 35.1. The molecule has 12 nitrogen and oxygen atoms in total. The normalized spacial score (nSPS) is 13.8. The SMILES string of the molecule is NC(Cc1ccc(O)cc1)C(=O)NC(CCC(=O)O)C(=O)NC(Cc1ccccc1)C(=O)NC(CS)C(=O)O. The van der Waals surface area contributed by atoms with E-state index < -0.39 is 60.2 Å². The van der Waals surface area contributed by atoms with Gasteiger partial charge in [0.05, 0.1) is 6.04 Å². The van der Waals surface area contributed by atoms with Gasteiger partial charge in [0, 0.05) is 18.6 Å². The summed E-state index contributed by atoms with van der Waals surface area (Å²) in [6.07, 6.45) is -0.662. The zero-order valence-electron chi connectivity index (χ0n) is 20.9. The van der Waals surface area contributed by atoms with E-state index in [1.54, 1.807) is 42.5 Å². The molecule has 210 valence electrons. The molecule has 0 aliphatic heterocycles. The van der Waals surface area contributed by atoms with Crippen molar-refractivity contribution in [2.24, 2.45) is 5.73 Å². The molecular weight excluding hydrogens is 528 g/mol. The maximum Gasteiger partial charge on any atom is 0.327 e. The van der Waals surface area contributed by atoms with Crippen molar-refractivity contribution in [2.45, 2.75) is 49.9 Å². The fourth-order valence-electron chi connectivity index (χ4n) is 3.58. The van der Waals surface area contributed by atoms with Gasteiger partial charge in [-0.2, -0.15) is 12.6 Å². The number of carbonyl (C=O) groups excluding carboxylic acids is 3. The molecule has 0 heterocycles. The summed E-state index contributed by atoms with van der Waals surface area (Å²) in [6, 6.07) is 9.69. The highest BCUT2D eigenvalue weighted by Crippen LogP contribution is 2.11. The average molecular weight is 561 g/mol. The second-order valence-electron chi connectivity index (χ2n) is 8.80. The van der Waals surface area contributed by atoms with Crippen LogP contribution in [0.3, 0.4) is 0 Å². The highest BCUT2D eigenvalue weighted by Gasteiger charge is 2.30. The van der Waals surface area contributed by atoms with E-state index in [4.69, 9.17) is 10.8 Å². The van der Waals surface area contributed by atoms with E-state index in [-0.39, 0.29) is 30.8 Å². The van der Waals surface area contributed by atoms with E-state index in [1.165, 1.54) is 12.1 Å². The molecule has 3 amide bonds. The fraction of sp³-hybridized carbons (Fsp3) is 0.346. The van der Waals surface area contributed by atoms with Gasteiger partial charge in [-0.3, -0.25) is 19.2 Å². The number of phenols is 1. The van der Waals surface area contributed by atoms with Crippen molar-refractivity contribution in [3.05, 3.63) is 65.7 Å². The van der Waals surface area contributed by atoms with Crippen molar-refractivity contribution in [3.8, 4) is 5.75 Å². The van der Waals surface area contributed by atoms with Crippen molar-refractivity contribution >= 4 is 42.3 Å². The molecule has 4 atom stereocenters. The van der Waals surface area contributed by atoms with Crippen LogP contribution in [0.15, 0.2) is 54.6 Å². The Balaban J connectivity index is 2.19. The molecule has 0 radical (unpaired) electrons. The predicted molar refractivity (Wildman–Crippen MR) is 144 cm³/mol. The Hall–Kier alpha value is -4.10. The third-order valence-electron chi connectivity index (χ3n) is 5.72. The van der Waals surface area contributed by atoms with Crippen LogP contribution >= 0.6 is 12.6 Å². The summed E-state index contributed by atoms with van der Waals surface area (Å²) in [7, 11) is 0. The highest BCUT2D eigenvalue weighted by atomic mass is 32.1. The zero-order chi connectivity index (χ0) is 28.9. The highest BCUT2D eigenvalue weighted by molar-refractivity contribution is 7.80. The number of amides is 3. The Labute approximate surface area is 230 Å². The molecule has 0 saturated heterocycles. The van der Waals surface area contributed by atoms with Crippen LogP contribution < -0.4 is 21.7 Å².